The van der Waals surface area contributed by atoms with Crippen LogP contribution in [-0.4, -0.2) is 24.0 Å². The van der Waals surface area contributed by atoms with Crippen molar-refractivity contribution in [3.05, 3.63) is 77.1 Å². The number of carbonyl (C=O) groups excluding carboxylic acids is 1. The van der Waals surface area contributed by atoms with Crippen molar-refractivity contribution in [2.24, 2.45) is 0 Å². The number of anilines is 1. The van der Waals surface area contributed by atoms with Crippen LogP contribution in [0.15, 0.2) is 61.2 Å². The molecule has 0 aliphatic heterocycles. The average Bonchev–Trinajstić information content (AvgIpc) is 2.58. The summed E-state index contributed by atoms with van der Waals surface area (Å²) in [4.78, 5) is 24.0. The Kier molecular flexibility index (Phi) is 5.62. The van der Waals surface area contributed by atoms with Crippen LogP contribution in [-0.2, 0) is 4.79 Å². The standard InChI is InChI=1S/C17H15FN2O4/c1-2-10-19(14-6-4-3-5-7-14)17(21)12-24-16-11-13(18)8-9-15(16)20(22)23/h2-9,11H,1,10,12H2. The molecule has 0 heterocycles. The third-order valence-electron chi connectivity index (χ3n) is 3.15. The summed E-state index contributed by atoms with van der Waals surface area (Å²) in [6.45, 7) is 3.38. The molecule has 0 aromatic heterocycles. The van der Waals surface area contributed by atoms with Crippen LogP contribution in [0.3, 0.4) is 0 Å². The monoisotopic (exact) mass is 330 g/mol. The van der Waals surface area contributed by atoms with Gasteiger partial charge in [0.15, 0.2) is 6.61 Å². The van der Waals surface area contributed by atoms with Crippen LogP contribution in [0.4, 0.5) is 15.8 Å². The fraction of sp³-hybridized carbons (Fsp3) is 0.118. The molecule has 124 valence electrons. The zero-order chi connectivity index (χ0) is 17.5. The van der Waals surface area contributed by atoms with Crippen LogP contribution in [0, 0.1) is 15.9 Å². The summed E-state index contributed by atoms with van der Waals surface area (Å²) in [6.07, 6.45) is 1.55. The number of hydrogen-bond donors (Lipinski definition) is 0. The topological polar surface area (TPSA) is 72.7 Å². The Labute approximate surface area is 137 Å². The van der Waals surface area contributed by atoms with Gasteiger partial charge in [0.05, 0.1) is 4.92 Å². The van der Waals surface area contributed by atoms with E-state index in [-0.39, 0.29) is 12.3 Å². The molecule has 0 fully saturated rings. The number of halogens is 1. The number of nitrogens with zero attached hydrogens (tertiary/aromatic N) is 2. The number of amides is 1. The molecule has 0 bridgehead atoms. The van der Waals surface area contributed by atoms with Crippen LogP contribution in [0.1, 0.15) is 0 Å². The molecule has 1 amide bonds. The summed E-state index contributed by atoms with van der Waals surface area (Å²) in [6, 6.07) is 11.7. The van der Waals surface area contributed by atoms with Crippen LogP contribution < -0.4 is 9.64 Å². The van der Waals surface area contributed by atoms with Gasteiger partial charge < -0.3 is 9.64 Å². The molecule has 24 heavy (non-hydrogen) atoms. The van der Waals surface area contributed by atoms with Gasteiger partial charge in [-0.2, -0.15) is 0 Å². The van der Waals surface area contributed by atoms with E-state index in [4.69, 9.17) is 4.74 Å². The lowest BCUT2D eigenvalue weighted by atomic mass is 10.2. The maximum atomic E-state index is 13.3. The van der Waals surface area contributed by atoms with E-state index in [0.717, 1.165) is 18.2 Å². The molecule has 0 aliphatic carbocycles. The van der Waals surface area contributed by atoms with Gasteiger partial charge in [0.25, 0.3) is 5.91 Å². The van der Waals surface area contributed by atoms with E-state index < -0.39 is 28.9 Å². The van der Waals surface area contributed by atoms with Crippen LogP contribution in [0.2, 0.25) is 0 Å². The van der Waals surface area contributed by atoms with E-state index in [9.17, 15) is 19.3 Å². The number of benzene rings is 2. The van der Waals surface area contributed by atoms with E-state index in [1.165, 1.54) is 4.90 Å². The summed E-state index contributed by atoms with van der Waals surface area (Å²) < 4.78 is 18.5. The van der Waals surface area contributed by atoms with Crippen molar-refractivity contribution in [2.75, 3.05) is 18.1 Å². The Morgan fingerprint density at radius 1 is 1.29 bits per heavy atom. The van der Waals surface area contributed by atoms with Crippen molar-refractivity contribution in [1.82, 2.24) is 0 Å². The maximum Gasteiger partial charge on any atom is 0.311 e. The molecule has 0 saturated heterocycles. The lowest BCUT2D eigenvalue weighted by Crippen LogP contribution is -2.35. The zero-order valence-electron chi connectivity index (χ0n) is 12.7. The van der Waals surface area contributed by atoms with E-state index >= 15 is 0 Å². The normalized spacial score (nSPS) is 10.0. The molecule has 0 spiro atoms. The number of nitro benzene ring substituents is 1. The third kappa shape index (κ3) is 4.16. The van der Waals surface area contributed by atoms with Crippen molar-refractivity contribution in [3.63, 3.8) is 0 Å². The lowest BCUT2D eigenvalue weighted by Gasteiger charge is -2.21. The van der Waals surface area contributed by atoms with Gasteiger partial charge >= 0.3 is 5.69 Å². The Bertz CT molecular complexity index is 750. The van der Waals surface area contributed by atoms with Crippen LogP contribution >= 0.6 is 0 Å². The summed E-state index contributed by atoms with van der Waals surface area (Å²) >= 11 is 0. The minimum Gasteiger partial charge on any atom is -0.477 e. The number of carbonyl (C=O) groups is 1. The van der Waals surface area contributed by atoms with Crippen LogP contribution in [0.5, 0.6) is 5.75 Å². The first-order valence-corrected chi connectivity index (χ1v) is 7.06. The summed E-state index contributed by atoms with van der Waals surface area (Å²) in [5.74, 6) is -1.41. The number of ether oxygens (including phenoxy) is 1. The second-order valence-corrected chi connectivity index (χ2v) is 4.79. The predicted octanol–water partition coefficient (Wildman–Crippen LogP) is 3.33. The van der Waals surface area contributed by atoms with Gasteiger partial charge in [-0.05, 0) is 18.2 Å². The minimum absolute atomic E-state index is 0.247. The molecular weight excluding hydrogens is 315 g/mol. The Hall–Kier alpha value is -3.22. The van der Waals surface area contributed by atoms with Crippen molar-refractivity contribution in [1.29, 1.82) is 0 Å². The summed E-state index contributed by atoms with van der Waals surface area (Å²) in [7, 11) is 0. The smallest absolute Gasteiger partial charge is 0.311 e. The van der Waals surface area contributed by atoms with Crippen molar-refractivity contribution < 1.29 is 18.8 Å². The van der Waals surface area contributed by atoms with Gasteiger partial charge in [-0.3, -0.25) is 14.9 Å². The number of para-hydroxylation sites is 1. The van der Waals surface area contributed by atoms with E-state index in [1.54, 1.807) is 30.3 Å². The quantitative estimate of drug-likeness (QED) is 0.443. The lowest BCUT2D eigenvalue weighted by molar-refractivity contribution is -0.385. The first kappa shape index (κ1) is 17.1. The highest BCUT2D eigenvalue weighted by atomic mass is 19.1. The van der Waals surface area contributed by atoms with Gasteiger partial charge in [-0.25, -0.2) is 4.39 Å². The highest BCUT2D eigenvalue weighted by molar-refractivity contribution is 5.94. The number of rotatable bonds is 7. The molecule has 7 heteroatoms. The molecule has 0 saturated carbocycles. The number of hydrogen-bond acceptors (Lipinski definition) is 4. The molecule has 2 aromatic carbocycles. The summed E-state index contributed by atoms with van der Waals surface area (Å²) in [5.41, 5.74) is 0.235. The van der Waals surface area contributed by atoms with Crippen molar-refractivity contribution >= 4 is 17.3 Å². The molecule has 0 aliphatic rings. The fourth-order valence-electron chi connectivity index (χ4n) is 2.06. The third-order valence-corrected chi connectivity index (χ3v) is 3.15. The largest absolute Gasteiger partial charge is 0.477 e. The highest BCUT2D eigenvalue weighted by Crippen LogP contribution is 2.27. The molecule has 0 unspecified atom stereocenters. The molecule has 6 nitrogen and oxygen atoms in total. The van der Waals surface area contributed by atoms with Gasteiger partial charge in [-0.1, -0.05) is 24.3 Å². The van der Waals surface area contributed by atoms with Crippen LogP contribution in [0.25, 0.3) is 0 Å². The van der Waals surface area contributed by atoms with E-state index in [1.807, 2.05) is 6.07 Å². The van der Waals surface area contributed by atoms with Gasteiger partial charge in [-0.15, -0.1) is 6.58 Å². The second-order valence-electron chi connectivity index (χ2n) is 4.79. The Morgan fingerprint density at radius 3 is 2.62 bits per heavy atom. The fourth-order valence-corrected chi connectivity index (χ4v) is 2.06. The number of nitro groups is 1. The van der Waals surface area contributed by atoms with E-state index in [0.29, 0.717) is 5.69 Å². The average molecular weight is 330 g/mol. The van der Waals surface area contributed by atoms with Gasteiger partial charge in [0, 0.05) is 24.4 Å². The summed E-state index contributed by atoms with van der Waals surface area (Å²) in [5, 5.41) is 10.9. The first-order chi connectivity index (χ1) is 11.5. The van der Waals surface area contributed by atoms with Gasteiger partial charge in [0.2, 0.25) is 5.75 Å². The molecule has 0 radical (unpaired) electrons. The molecule has 2 rings (SSSR count). The molecular formula is C17H15FN2O4. The second kappa shape index (κ2) is 7.87. The zero-order valence-corrected chi connectivity index (χ0v) is 12.7. The predicted molar refractivity (Wildman–Crippen MR) is 87.5 cm³/mol. The molecule has 2 aromatic rings. The van der Waals surface area contributed by atoms with Crippen molar-refractivity contribution in [2.45, 2.75) is 0 Å². The Morgan fingerprint density at radius 2 is 2.00 bits per heavy atom. The maximum absolute atomic E-state index is 13.3. The molecule has 0 atom stereocenters. The minimum atomic E-state index is -0.696. The molecule has 0 N–H and O–H groups in total. The van der Waals surface area contributed by atoms with E-state index in [2.05, 4.69) is 6.58 Å². The van der Waals surface area contributed by atoms with Crippen molar-refractivity contribution in [3.8, 4) is 5.75 Å². The Balaban J connectivity index is 2.15. The highest BCUT2D eigenvalue weighted by Gasteiger charge is 2.19. The first-order valence-electron chi connectivity index (χ1n) is 7.06. The SMILES string of the molecule is C=CCN(C(=O)COc1cc(F)ccc1[N+](=O)[O-])c1ccccc1. The van der Waals surface area contributed by atoms with Gasteiger partial charge in [0.1, 0.15) is 5.82 Å².